The van der Waals surface area contributed by atoms with Gasteiger partial charge >= 0.3 is 6.03 Å². The van der Waals surface area contributed by atoms with Crippen LogP contribution in [0.15, 0.2) is 48.8 Å². The molecule has 0 aliphatic carbocycles. The highest BCUT2D eigenvalue weighted by atomic mass is 32.1. The van der Waals surface area contributed by atoms with E-state index in [0.29, 0.717) is 23.8 Å². The Kier molecular flexibility index (Phi) is 5.20. The minimum atomic E-state index is -0.152. The van der Waals surface area contributed by atoms with Gasteiger partial charge in [-0.25, -0.2) is 19.7 Å². The average Bonchev–Trinajstić information content (AvgIpc) is 3.25. The molecule has 0 saturated carbocycles. The first-order valence-electron chi connectivity index (χ1n) is 11.5. The van der Waals surface area contributed by atoms with Crippen molar-refractivity contribution in [2.45, 2.75) is 13.3 Å². The molecule has 8 nitrogen and oxygen atoms in total. The first-order chi connectivity index (χ1) is 17.1. The number of aryl methyl sites for hydroxylation is 1. The van der Waals surface area contributed by atoms with E-state index in [0.717, 1.165) is 57.9 Å². The maximum atomic E-state index is 12.9. The molecule has 2 aliphatic rings. The Hall–Kier alpha value is -3.87. The number of urea groups is 1. The molecule has 2 amide bonds. The quantitative estimate of drug-likeness (QED) is 0.451. The topological polar surface area (TPSA) is 104 Å². The van der Waals surface area contributed by atoms with Crippen molar-refractivity contribution in [2.75, 3.05) is 31.6 Å². The Labute approximate surface area is 206 Å². The lowest BCUT2D eigenvalue weighted by atomic mass is 9.78. The highest BCUT2D eigenvalue weighted by Crippen LogP contribution is 2.41. The zero-order chi connectivity index (χ0) is 24.0. The second-order valence-corrected chi connectivity index (χ2v) is 10.1. The third-order valence-corrected chi connectivity index (χ3v) is 7.60. The van der Waals surface area contributed by atoms with Crippen LogP contribution in [0, 0.1) is 16.7 Å². The average molecular weight is 483 g/mol. The number of nitrogens with one attached hydrogen (secondary N) is 1. The number of anilines is 1. The summed E-state index contributed by atoms with van der Waals surface area (Å²) < 4.78 is 5.31. The molecule has 0 atom stereocenters. The summed E-state index contributed by atoms with van der Waals surface area (Å²) in [6, 6.07) is 15.5. The van der Waals surface area contributed by atoms with E-state index in [1.807, 2.05) is 30.3 Å². The van der Waals surface area contributed by atoms with Crippen LogP contribution in [-0.2, 0) is 11.2 Å². The minimum absolute atomic E-state index is 0.151. The largest absolute Gasteiger partial charge is 0.380 e. The number of hydrogen-bond donors (Lipinski definition) is 1. The summed E-state index contributed by atoms with van der Waals surface area (Å²) in [6.45, 7) is 4.94. The predicted molar refractivity (Wildman–Crippen MR) is 134 cm³/mol. The monoisotopic (exact) mass is 482 g/mol. The van der Waals surface area contributed by atoms with Crippen molar-refractivity contribution in [3.8, 4) is 27.8 Å². The van der Waals surface area contributed by atoms with Crippen LogP contribution in [0.1, 0.15) is 18.2 Å². The Bertz CT molecular complexity index is 1500. The van der Waals surface area contributed by atoms with Gasteiger partial charge in [-0.1, -0.05) is 36.5 Å². The van der Waals surface area contributed by atoms with Gasteiger partial charge in [0, 0.05) is 24.0 Å². The summed E-state index contributed by atoms with van der Waals surface area (Å²) in [5.74, 6) is 0. The van der Waals surface area contributed by atoms with Crippen LogP contribution in [0.2, 0.25) is 0 Å². The number of benzene rings is 2. The normalized spacial score (nSPS) is 15.9. The van der Waals surface area contributed by atoms with Crippen LogP contribution in [0.3, 0.4) is 0 Å². The van der Waals surface area contributed by atoms with Crippen molar-refractivity contribution in [1.29, 1.82) is 5.26 Å². The first-order valence-corrected chi connectivity index (χ1v) is 12.3. The smallest absolute Gasteiger partial charge is 0.323 e. The molecular formula is C26H22N6O2S. The van der Waals surface area contributed by atoms with Crippen LogP contribution < -0.4 is 5.32 Å². The fourth-order valence-corrected chi connectivity index (χ4v) is 5.66. The zero-order valence-corrected chi connectivity index (χ0v) is 19.9. The number of aromatic nitrogens is 3. The van der Waals surface area contributed by atoms with Gasteiger partial charge < -0.3 is 9.64 Å². The van der Waals surface area contributed by atoms with Crippen LogP contribution >= 0.6 is 11.3 Å². The molecule has 0 radical (unpaired) electrons. The number of ether oxygens (including phenoxy) is 1. The number of nitriles is 1. The third kappa shape index (κ3) is 3.81. The van der Waals surface area contributed by atoms with E-state index in [-0.39, 0.29) is 11.4 Å². The van der Waals surface area contributed by atoms with E-state index in [2.05, 4.69) is 34.3 Å². The third-order valence-electron chi connectivity index (χ3n) is 6.58. The molecule has 1 N–H and O–H groups in total. The van der Waals surface area contributed by atoms with Gasteiger partial charge in [0.15, 0.2) is 5.13 Å². The van der Waals surface area contributed by atoms with E-state index in [1.165, 1.54) is 11.3 Å². The summed E-state index contributed by atoms with van der Waals surface area (Å²) in [4.78, 5) is 29.2. The second kappa shape index (κ2) is 8.41. The summed E-state index contributed by atoms with van der Waals surface area (Å²) in [7, 11) is 0. The van der Waals surface area contributed by atoms with Crippen molar-refractivity contribution in [3.63, 3.8) is 0 Å². The van der Waals surface area contributed by atoms with E-state index < -0.39 is 0 Å². The van der Waals surface area contributed by atoms with Crippen molar-refractivity contribution in [3.05, 3.63) is 60.0 Å². The number of carbonyl (C=O) groups is 1. The number of rotatable bonds is 4. The Morgan fingerprint density at radius 3 is 2.80 bits per heavy atom. The van der Waals surface area contributed by atoms with Crippen molar-refractivity contribution in [1.82, 2.24) is 19.9 Å². The molecule has 6 rings (SSSR count). The number of hydrogen-bond acceptors (Lipinski definition) is 7. The molecule has 2 fully saturated rings. The molecular weight excluding hydrogens is 460 g/mol. The lowest BCUT2D eigenvalue weighted by Gasteiger charge is -2.54. The van der Waals surface area contributed by atoms with E-state index in [1.54, 1.807) is 17.3 Å². The summed E-state index contributed by atoms with van der Waals surface area (Å²) in [6.07, 6.45) is 2.39. The standard InChI is InChI=1S/C26H22N6O2S/c1-2-20-19-9-18(6-7-21(19)29-15-28-20)23-22(17-5-3-4-16(8-17)10-27)30-24(35-23)31-25(33)32-11-26(12-32)13-34-14-26/h3-9,15H,2,11-14H2,1H3,(H,30,31,33). The first kappa shape index (κ1) is 21.6. The lowest BCUT2D eigenvalue weighted by molar-refractivity contribution is -0.174. The van der Waals surface area contributed by atoms with Gasteiger partial charge in [0.2, 0.25) is 0 Å². The van der Waals surface area contributed by atoms with Crippen LogP contribution in [0.25, 0.3) is 32.6 Å². The molecule has 4 heterocycles. The summed E-state index contributed by atoms with van der Waals surface area (Å²) >= 11 is 1.42. The number of fused-ring (bicyclic) bond motifs is 1. The lowest BCUT2D eigenvalue weighted by Crippen LogP contribution is -2.67. The fourth-order valence-electron chi connectivity index (χ4n) is 4.68. The Morgan fingerprint density at radius 1 is 1.20 bits per heavy atom. The second-order valence-electron chi connectivity index (χ2n) is 9.07. The van der Waals surface area contributed by atoms with Crippen molar-refractivity contribution < 1.29 is 9.53 Å². The van der Waals surface area contributed by atoms with Crippen LogP contribution in [-0.4, -0.2) is 52.2 Å². The molecule has 35 heavy (non-hydrogen) atoms. The number of likely N-dealkylation sites (tertiary alicyclic amines) is 1. The zero-order valence-electron chi connectivity index (χ0n) is 19.1. The number of amides is 2. The maximum Gasteiger partial charge on any atom is 0.323 e. The van der Waals surface area contributed by atoms with Crippen LogP contribution in [0.4, 0.5) is 9.93 Å². The van der Waals surface area contributed by atoms with E-state index in [4.69, 9.17) is 9.72 Å². The van der Waals surface area contributed by atoms with Gasteiger partial charge in [-0.2, -0.15) is 5.26 Å². The number of nitrogens with zero attached hydrogens (tertiary/aromatic N) is 5. The van der Waals surface area contributed by atoms with Crippen molar-refractivity contribution in [2.24, 2.45) is 5.41 Å². The summed E-state index contributed by atoms with van der Waals surface area (Å²) in [5, 5.41) is 13.9. The van der Waals surface area contributed by atoms with Crippen LogP contribution in [0.5, 0.6) is 0 Å². The van der Waals surface area contributed by atoms with Gasteiger partial charge in [-0.15, -0.1) is 0 Å². The Balaban J connectivity index is 1.39. The van der Waals surface area contributed by atoms with E-state index >= 15 is 0 Å². The molecule has 4 aromatic rings. The predicted octanol–water partition coefficient (Wildman–Crippen LogP) is 4.72. The van der Waals surface area contributed by atoms with Gasteiger partial charge in [0.25, 0.3) is 0 Å². The van der Waals surface area contributed by atoms with Gasteiger partial charge in [-0.3, -0.25) is 5.32 Å². The molecule has 1 spiro atoms. The highest BCUT2D eigenvalue weighted by molar-refractivity contribution is 7.19. The molecule has 2 aromatic heterocycles. The van der Waals surface area contributed by atoms with Gasteiger partial charge in [-0.05, 0) is 36.2 Å². The molecule has 0 unspecified atom stereocenters. The molecule has 174 valence electrons. The van der Waals surface area contributed by atoms with E-state index in [9.17, 15) is 10.1 Å². The molecule has 2 aromatic carbocycles. The highest BCUT2D eigenvalue weighted by Gasteiger charge is 2.50. The SMILES string of the molecule is CCc1ncnc2ccc(-c3sc(NC(=O)N4CC5(COC5)C4)nc3-c3cccc(C#N)c3)cc12. The van der Waals surface area contributed by atoms with Gasteiger partial charge in [0.1, 0.15) is 6.33 Å². The molecule has 2 saturated heterocycles. The number of thiazole rings is 1. The maximum absolute atomic E-state index is 12.9. The Morgan fingerprint density at radius 2 is 2.06 bits per heavy atom. The minimum Gasteiger partial charge on any atom is -0.380 e. The number of carbonyl (C=O) groups excluding carboxylic acids is 1. The van der Waals surface area contributed by atoms with Gasteiger partial charge in [0.05, 0.1) is 52.0 Å². The molecule has 9 heteroatoms. The summed E-state index contributed by atoms with van der Waals surface area (Å²) in [5.41, 5.74) is 5.09. The molecule has 0 bridgehead atoms. The molecule has 2 aliphatic heterocycles. The fraction of sp³-hybridized carbons (Fsp3) is 0.269. The van der Waals surface area contributed by atoms with Crippen molar-refractivity contribution >= 4 is 33.4 Å².